The fourth-order valence-electron chi connectivity index (χ4n) is 4.52. The second kappa shape index (κ2) is 47.2. The average molecular weight is 1190 g/mol. The molecule has 3 aliphatic rings. The van der Waals surface area contributed by atoms with Crippen molar-refractivity contribution in [2.75, 3.05) is 87.6 Å². The minimum atomic E-state index is -3.84. The van der Waals surface area contributed by atoms with Crippen LogP contribution < -0.4 is 40.4 Å². The minimum absolute atomic E-state index is 0. The molecule has 0 bridgehead atoms. The summed E-state index contributed by atoms with van der Waals surface area (Å²) in [5.41, 5.74) is 5.38. The Labute approximate surface area is 445 Å². The Morgan fingerprint density at radius 1 is 0.731 bits per heavy atom. The molecule has 67 heavy (non-hydrogen) atoms. The van der Waals surface area contributed by atoms with Crippen LogP contribution in [-0.4, -0.2) is 142 Å². The van der Waals surface area contributed by atoms with Crippen molar-refractivity contribution in [3.63, 3.8) is 0 Å². The Morgan fingerprint density at radius 3 is 1.46 bits per heavy atom. The Hall–Kier alpha value is 2.68. The summed E-state index contributed by atoms with van der Waals surface area (Å²) in [6.07, 6.45) is 4.90. The van der Waals surface area contributed by atoms with Gasteiger partial charge in [0.15, 0.2) is 6.66 Å². The fourth-order valence-corrected chi connectivity index (χ4v) is 11.5. The maximum atomic E-state index is 12.5. The van der Waals surface area contributed by atoms with Crippen LogP contribution >= 0.6 is 89.3 Å². The van der Waals surface area contributed by atoms with E-state index in [1.807, 2.05) is 13.8 Å². The number of nitrogens with two attached hydrogens (primary N) is 1. The van der Waals surface area contributed by atoms with E-state index in [1.54, 1.807) is 41.9 Å². The molecule has 21 nitrogen and oxygen atoms in total. The molecule has 12 unspecified atom stereocenters. The van der Waals surface area contributed by atoms with Crippen LogP contribution in [0.3, 0.4) is 0 Å². The number of hydrogen-bond acceptors (Lipinski definition) is 20. The summed E-state index contributed by atoms with van der Waals surface area (Å²) < 4.78 is 128. The molecular weight excluding hydrogens is 1100 g/mol. The molecule has 0 aromatic rings. The van der Waals surface area contributed by atoms with Crippen molar-refractivity contribution in [2.45, 2.75) is 144 Å². The van der Waals surface area contributed by atoms with Gasteiger partial charge >= 0.3 is 60.4 Å². The zero-order chi connectivity index (χ0) is 49.5. The van der Waals surface area contributed by atoms with Crippen LogP contribution in [-0.2, 0) is 82.3 Å². The fraction of sp³-hybridized carbons (Fsp3) is 1.00. The number of hydrogen-bond donors (Lipinski definition) is 2. The summed E-state index contributed by atoms with van der Waals surface area (Å²) in [6, 6.07) is 0.782. The van der Waals surface area contributed by atoms with E-state index in [9.17, 15) is 27.4 Å². The van der Waals surface area contributed by atoms with Crippen molar-refractivity contribution in [3.05, 3.63) is 0 Å². The van der Waals surface area contributed by atoms with Gasteiger partial charge in [0.1, 0.15) is 18.8 Å². The summed E-state index contributed by atoms with van der Waals surface area (Å²) in [7, 11) is 3.15. The summed E-state index contributed by atoms with van der Waals surface area (Å²) in [6.45, 7) is 10.6. The normalized spacial score (nSPS) is 21.7. The number of halogens is 4. The number of rotatable bonds is 24. The maximum absolute atomic E-state index is 12.5. The van der Waals surface area contributed by atoms with Crippen molar-refractivity contribution in [1.82, 2.24) is 5.09 Å². The van der Waals surface area contributed by atoms with E-state index >= 15 is 0 Å². The van der Waals surface area contributed by atoms with Crippen LogP contribution in [0.1, 0.15) is 94.9 Å². The minimum Gasteiger partial charge on any atom is -0.870 e. The molecule has 12 atom stereocenters. The SMILES string of the molecule is C.C.CC1CO[P+](=O)O1.COCC(C)OP(=O)(Cl)OCC(C)OP(C)(=O)OCC(C)OP(C)(=O)NC1CCC1.COCC(C)OP(C)(=O)Cl.COCC(C)O[P+](C)=O.ClCl.NC1CCC1.[Na+].[OH-]. The van der Waals surface area contributed by atoms with Crippen LogP contribution in [0.5, 0.6) is 0 Å². The van der Waals surface area contributed by atoms with Crippen molar-refractivity contribution >= 4 is 89.3 Å². The first kappa shape index (κ1) is 83.7. The van der Waals surface area contributed by atoms with Gasteiger partial charge < -0.3 is 43.5 Å². The van der Waals surface area contributed by atoms with Gasteiger partial charge in [-0.2, -0.15) is 0 Å². The molecule has 1 saturated heterocycles. The number of nitrogens with one attached hydrogen (secondary N) is 1. The molecule has 0 spiro atoms. The monoisotopic (exact) mass is 1180 g/mol. The predicted molar refractivity (Wildman–Crippen MR) is 268 cm³/mol. The van der Waals surface area contributed by atoms with E-state index in [1.165, 1.54) is 53.0 Å². The third kappa shape index (κ3) is 56.2. The van der Waals surface area contributed by atoms with Gasteiger partial charge in [-0.05, 0) is 83.0 Å². The zero-order valence-electron chi connectivity index (χ0n) is 40.2. The summed E-state index contributed by atoms with van der Waals surface area (Å²) in [5, 5.41) is 3.01. The van der Waals surface area contributed by atoms with Gasteiger partial charge in [0.25, 0.3) is 14.2 Å². The van der Waals surface area contributed by atoms with Crippen LogP contribution in [0.25, 0.3) is 0 Å². The van der Waals surface area contributed by atoms with Crippen molar-refractivity contribution in [3.8, 4) is 0 Å². The molecule has 0 aromatic heterocycles. The largest absolute Gasteiger partial charge is 1.00 e. The van der Waals surface area contributed by atoms with Gasteiger partial charge in [-0.1, -0.05) is 27.7 Å². The molecule has 1 aliphatic heterocycles. The van der Waals surface area contributed by atoms with E-state index in [0.717, 1.165) is 19.3 Å². The Balaban J connectivity index is -0.000000158. The van der Waals surface area contributed by atoms with Crippen LogP contribution in [0, 0.1) is 0 Å². The smallest absolute Gasteiger partial charge is 0.870 e. The molecule has 1 heterocycles. The van der Waals surface area contributed by atoms with Gasteiger partial charge in [-0.3, -0.25) is 22.7 Å². The first-order valence-electron chi connectivity index (χ1n) is 19.8. The molecule has 0 amide bonds. The van der Waals surface area contributed by atoms with E-state index in [2.05, 4.69) is 35.8 Å². The molecule has 0 aromatic carbocycles. The summed E-state index contributed by atoms with van der Waals surface area (Å²) >= 11 is 11.1. The van der Waals surface area contributed by atoms with Crippen LogP contribution in [0.4, 0.5) is 0 Å². The van der Waals surface area contributed by atoms with E-state index in [4.69, 9.17) is 74.1 Å². The molecule has 2 aliphatic carbocycles. The van der Waals surface area contributed by atoms with E-state index < -0.39 is 63.4 Å². The predicted octanol–water partition coefficient (Wildman–Crippen LogP) is 9.58. The summed E-state index contributed by atoms with van der Waals surface area (Å²) in [4.78, 5) is 0. The quantitative estimate of drug-likeness (QED) is 0.0671. The van der Waals surface area contributed by atoms with Crippen LogP contribution in [0.15, 0.2) is 0 Å². The van der Waals surface area contributed by atoms with Gasteiger partial charge in [-0.25, -0.2) is 9.65 Å². The van der Waals surface area contributed by atoms with E-state index in [0.29, 0.717) is 25.9 Å². The Morgan fingerprint density at radius 2 is 1.13 bits per heavy atom. The molecule has 404 valence electrons. The Kier molecular flexibility index (Phi) is 58.9. The van der Waals surface area contributed by atoms with Gasteiger partial charge in [0, 0.05) is 90.9 Å². The number of ether oxygens (including phenoxy) is 3. The standard InChI is InChI=1S/C16H35ClNO9P3.C5H12ClO3P.C5H12O3P.C4H9N.C3H6O3P.2CH4.Cl2.Na.H2O/c1-13(10-22-4)27-30(17,21)24-12-15(3)26-29(6,20)23-11-14(2)25-28(5,19)18-16-8-7-9-16;1-5(4-8-2)9-10(3,6)7;1-5(4-7-2)8-9(3)6;5-4-2-1-3-4;1-3-2-5-7(4)6-3;;;1-2;;/h13-16H,7-12H2,1-6H3,(H,18,19);5H,4H2,1-3H3;5H,4H2,1-3H3;4H,1-3,5H2;3H,2H2,1H3;2*1H4;;;1H2/q;;+1;;+1;;;;+1;/p-1. The second-order valence-corrected chi connectivity index (χ2v) is 27.0. The summed E-state index contributed by atoms with van der Waals surface area (Å²) in [5.74, 6) is 0. The first-order valence-corrected chi connectivity index (χ1v) is 33.1. The average Bonchev–Trinajstić information content (AvgIpc) is 3.50. The third-order valence-corrected chi connectivity index (χ3v) is 14.4. The molecule has 4 N–H and O–H groups in total. The molecule has 3 rings (SSSR count). The Bertz CT molecular complexity index is 1420. The molecular formula is C35H83Cl4N2NaO19P6+2. The van der Waals surface area contributed by atoms with Crippen LogP contribution in [0.2, 0.25) is 0 Å². The first-order chi connectivity index (χ1) is 29.0. The van der Waals surface area contributed by atoms with Crippen molar-refractivity contribution < 1.29 is 117 Å². The maximum Gasteiger partial charge on any atom is 1.00 e. The molecule has 32 heteroatoms. The van der Waals surface area contributed by atoms with Gasteiger partial charge in [0.05, 0.1) is 57.5 Å². The third-order valence-electron chi connectivity index (χ3n) is 7.32. The van der Waals surface area contributed by atoms with Crippen molar-refractivity contribution in [1.29, 1.82) is 0 Å². The number of methoxy groups -OCH3 is 3. The zero-order valence-corrected chi connectivity index (χ0v) is 50.6. The van der Waals surface area contributed by atoms with Crippen molar-refractivity contribution in [2.24, 2.45) is 5.73 Å². The molecule has 0 radical (unpaired) electrons. The van der Waals surface area contributed by atoms with E-state index in [-0.39, 0.29) is 94.1 Å². The molecule has 3 fully saturated rings. The van der Waals surface area contributed by atoms with Gasteiger partial charge in [0.2, 0.25) is 0 Å². The topological polar surface area (TPSA) is 281 Å². The second-order valence-electron chi connectivity index (χ2n) is 14.7. The molecule has 2 saturated carbocycles. The van der Waals surface area contributed by atoms with Gasteiger partial charge in [-0.15, -0.1) is 13.6 Å².